The summed E-state index contributed by atoms with van der Waals surface area (Å²) in [7, 11) is 0. The summed E-state index contributed by atoms with van der Waals surface area (Å²) in [6, 6.07) is 10.0. The Morgan fingerprint density at radius 3 is 2.50 bits per heavy atom. The summed E-state index contributed by atoms with van der Waals surface area (Å²) in [5.74, 6) is 0.281. The zero-order valence-corrected chi connectivity index (χ0v) is 9.11. The number of nitrogens with zero attached hydrogens (tertiary/aromatic N) is 1. The predicted octanol–water partition coefficient (Wildman–Crippen LogP) is 2.11. The van der Waals surface area contributed by atoms with E-state index in [-0.39, 0.29) is 5.88 Å². The van der Waals surface area contributed by atoms with Gasteiger partial charge in [-0.25, -0.2) is 0 Å². The Balaban J connectivity index is 2.63. The number of para-hydroxylation sites is 1. The van der Waals surface area contributed by atoms with Gasteiger partial charge < -0.3 is 10.0 Å². The summed E-state index contributed by atoms with van der Waals surface area (Å²) in [4.78, 5) is 2.10. The fraction of sp³-hybridized carbons (Fsp3) is 0.455. The van der Waals surface area contributed by atoms with Gasteiger partial charge in [0.05, 0.1) is 12.0 Å². The molecule has 1 aromatic rings. The lowest BCUT2D eigenvalue weighted by Crippen LogP contribution is -2.33. The predicted molar refractivity (Wildman–Crippen MR) is 61.1 cm³/mol. The molecule has 3 heteroatoms. The van der Waals surface area contributed by atoms with Crippen LogP contribution in [-0.2, 0) is 0 Å². The van der Waals surface area contributed by atoms with Crippen LogP contribution in [0, 0.1) is 0 Å². The number of hydrogen-bond donors (Lipinski definition) is 1. The summed E-state index contributed by atoms with van der Waals surface area (Å²) in [5, 5.41) is 9.45. The van der Waals surface area contributed by atoms with Crippen molar-refractivity contribution in [2.75, 3.05) is 23.9 Å². The molecule has 2 nitrogen and oxygen atoms in total. The lowest BCUT2D eigenvalue weighted by Gasteiger charge is -2.24. The Hall–Kier alpha value is -0.730. The van der Waals surface area contributed by atoms with Crippen molar-refractivity contribution in [3.8, 4) is 0 Å². The van der Waals surface area contributed by atoms with Gasteiger partial charge in [0, 0.05) is 18.8 Å². The van der Waals surface area contributed by atoms with Gasteiger partial charge >= 0.3 is 0 Å². The molecule has 1 rings (SSSR count). The number of aliphatic hydroxyl groups excluding tert-OH is 1. The van der Waals surface area contributed by atoms with Crippen LogP contribution >= 0.6 is 11.6 Å². The van der Waals surface area contributed by atoms with E-state index < -0.39 is 6.10 Å². The zero-order chi connectivity index (χ0) is 10.4. The third-order valence-corrected chi connectivity index (χ3v) is 2.47. The molecule has 1 unspecified atom stereocenters. The van der Waals surface area contributed by atoms with Gasteiger partial charge in [-0.15, -0.1) is 11.6 Å². The Kier molecular flexibility index (Phi) is 4.77. The lowest BCUT2D eigenvalue weighted by molar-refractivity contribution is 0.203. The number of hydrogen-bond acceptors (Lipinski definition) is 2. The fourth-order valence-electron chi connectivity index (χ4n) is 1.36. The highest BCUT2D eigenvalue weighted by Crippen LogP contribution is 2.13. The molecule has 0 aliphatic heterocycles. The smallest absolute Gasteiger partial charge is 0.0850 e. The third-order valence-electron chi connectivity index (χ3n) is 2.11. The molecule has 14 heavy (non-hydrogen) atoms. The van der Waals surface area contributed by atoms with Gasteiger partial charge in [-0.05, 0) is 19.1 Å². The van der Waals surface area contributed by atoms with Gasteiger partial charge in [-0.1, -0.05) is 18.2 Å². The van der Waals surface area contributed by atoms with Gasteiger partial charge in [0.2, 0.25) is 0 Å². The van der Waals surface area contributed by atoms with Crippen LogP contribution in [0.25, 0.3) is 0 Å². The van der Waals surface area contributed by atoms with E-state index in [2.05, 4.69) is 11.8 Å². The van der Waals surface area contributed by atoms with Crippen LogP contribution in [0.1, 0.15) is 6.92 Å². The van der Waals surface area contributed by atoms with E-state index in [1.165, 1.54) is 0 Å². The standard InChI is InChI=1S/C11H16ClNO/c1-2-13(9-11(14)8-12)10-6-4-3-5-7-10/h3-7,11,14H,2,8-9H2,1H3. The first-order valence-corrected chi connectivity index (χ1v) is 5.35. The van der Waals surface area contributed by atoms with E-state index in [1.54, 1.807) is 0 Å². The molecule has 0 aliphatic carbocycles. The first kappa shape index (κ1) is 11.3. The Labute approximate surface area is 90.1 Å². The minimum Gasteiger partial charge on any atom is -0.390 e. The second-order valence-corrected chi connectivity index (χ2v) is 3.49. The molecular weight excluding hydrogens is 198 g/mol. The molecule has 1 atom stereocenters. The fourth-order valence-corrected chi connectivity index (χ4v) is 1.46. The van der Waals surface area contributed by atoms with E-state index in [1.807, 2.05) is 30.3 Å². The van der Waals surface area contributed by atoms with Crippen LogP contribution in [0.2, 0.25) is 0 Å². The van der Waals surface area contributed by atoms with Crippen molar-refractivity contribution in [2.45, 2.75) is 13.0 Å². The molecular formula is C11H16ClNO. The highest BCUT2D eigenvalue weighted by molar-refractivity contribution is 6.18. The van der Waals surface area contributed by atoms with E-state index in [0.29, 0.717) is 6.54 Å². The second-order valence-electron chi connectivity index (χ2n) is 3.18. The average Bonchev–Trinajstić information content (AvgIpc) is 2.26. The number of alkyl halides is 1. The summed E-state index contributed by atoms with van der Waals surface area (Å²) in [5.41, 5.74) is 1.12. The van der Waals surface area contributed by atoms with Crippen LogP contribution in [0.4, 0.5) is 5.69 Å². The van der Waals surface area contributed by atoms with E-state index in [4.69, 9.17) is 11.6 Å². The molecule has 0 spiro atoms. The number of benzene rings is 1. The number of halogens is 1. The lowest BCUT2D eigenvalue weighted by atomic mass is 10.2. The first-order chi connectivity index (χ1) is 6.77. The van der Waals surface area contributed by atoms with Crippen LogP contribution in [0.15, 0.2) is 30.3 Å². The largest absolute Gasteiger partial charge is 0.390 e. The number of aliphatic hydroxyl groups is 1. The van der Waals surface area contributed by atoms with Crippen molar-refractivity contribution in [1.29, 1.82) is 0 Å². The molecule has 1 aromatic carbocycles. The van der Waals surface area contributed by atoms with Crippen molar-refractivity contribution < 1.29 is 5.11 Å². The van der Waals surface area contributed by atoms with Crippen LogP contribution < -0.4 is 4.90 Å². The van der Waals surface area contributed by atoms with Gasteiger partial charge in [0.25, 0.3) is 0 Å². The molecule has 0 radical (unpaired) electrons. The van der Waals surface area contributed by atoms with Crippen LogP contribution in [-0.4, -0.2) is 30.2 Å². The van der Waals surface area contributed by atoms with Crippen LogP contribution in [0.3, 0.4) is 0 Å². The maximum atomic E-state index is 9.45. The van der Waals surface area contributed by atoms with Crippen LogP contribution in [0.5, 0.6) is 0 Å². The minimum absolute atomic E-state index is 0.281. The molecule has 0 aliphatic rings. The van der Waals surface area contributed by atoms with Crippen molar-refractivity contribution >= 4 is 17.3 Å². The topological polar surface area (TPSA) is 23.5 Å². The Morgan fingerprint density at radius 1 is 1.36 bits per heavy atom. The normalized spacial score (nSPS) is 12.5. The Bertz CT molecular complexity index is 253. The van der Waals surface area contributed by atoms with Gasteiger partial charge in [0.1, 0.15) is 0 Å². The summed E-state index contributed by atoms with van der Waals surface area (Å²) < 4.78 is 0. The highest BCUT2D eigenvalue weighted by atomic mass is 35.5. The number of likely N-dealkylation sites (N-methyl/N-ethyl adjacent to an activating group) is 1. The van der Waals surface area contributed by atoms with Crippen molar-refractivity contribution in [3.63, 3.8) is 0 Å². The molecule has 0 heterocycles. The summed E-state index contributed by atoms with van der Waals surface area (Å²) in [6.45, 7) is 3.52. The molecule has 0 aromatic heterocycles. The molecule has 0 saturated heterocycles. The van der Waals surface area contributed by atoms with E-state index >= 15 is 0 Å². The van der Waals surface area contributed by atoms with Gasteiger partial charge in [0.15, 0.2) is 0 Å². The molecule has 0 amide bonds. The quantitative estimate of drug-likeness (QED) is 0.758. The summed E-state index contributed by atoms with van der Waals surface area (Å²) >= 11 is 5.56. The van der Waals surface area contributed by atoms with Gasteiger partial charge in [-0.3, -0.25) is 0 Å². The first-order valence-electron chi connectivity index (χ1n) is 4.82. The maximum absolute atomic E-state index is 9.45. The monoisotopic (exact) mass is 213 g/mol. The van der Waals surface area contributed by atoms with E-state index in [9.17, 15) is 5.11 Å². The van der Waals surface area contributed by atoms with Gasteiger partial charge in [-0.2, -0.15) is 0 Å². The zero-order valence-electron chi connectivity index (χ0n) is 8.36. The molecule has 0 bridgehead atoms. The number of anilines is 1. The highest BCUT2D eigenvalue weighted by Gasteiger charge is 2.09. The average molecular weight is 214 g/mol. The summed E-state index contributed by atoms with van der Waals surface area (Å²) in [6.07, 6.45) is -0.461. The third kappa shape index (κ3) is 3.20. The molecule has 78 valence electrons. The molecule has 0 saturated carbocycles. The van der Waals surface area contributed by atoms with Crippen molar-refractivity contribution in [2.24, 2.45) is 0 Å². The Morgan fingerprint density at radius 2 is 2.00 bits per heavy atom. The minimum atomic E-state index is -0.461. The number of rotatable bonds is 5. The molecule has 1 N–H and O–H groups in total. The van der Waals surface area contributed by atoms with E-state index in [0.717, 1.165) is 12.2 Å². The van der Waals surface area contributed by atoms with Crippen molar-refractivity contribution in [1.82, 2.24) is 0 Å². The second kappa shape index (κ2) is 5.89. The van der Waals surface area contributed by atoms with Crippen molar-refractivity contribution in [3.05, 3.63) is 30.3 Å². The molecule has 0 fully saturated rings. The maximum Gasteiger partial charge on any atom is 0.0850 e. The SMILES string of the molecule is CCN(CC(O)CCl)c1ccccc1.